The molecule has 0 radical (unpaired) electrons. The molecule has 0 aliphatic heterocycles. The first-order chi connectivity index (χ1) is 7.12. The van der Waals surface area contributed by atoms with E-state index in [2.05, 4.69) is 6.92 Å². The van der Waals surface area contributed by atoms with Gasteiger partial charge in [0.2, 0.25) is 0 Å². The number of hydrogen-bond acceptors (Lipinski definition) is 1. The van der Waals surface area contributed by atoms with Crippen LogP contribution in [0.15, 0.2) is 0 Å². The number of unbranched alkanes of at least 4 members (excludes halogenated alkanes) is 1. The lowest BCUT2D eigenvalue weighted by Gasteiger charge is -2.41. The van der Waals surface area contributed by atoms with Gasteiger partial charge in [-0.1, -0.05) is 46.0 Å². The fourth-order valence-corrected chi connectivity index (χ4v) is 3.90. The van der Waals surface area contributed by atoms with Gasteiger partial charge in [0.05, 0.1) is 0 Å². The third kappa shape index (κ3) is 3.32. The van der Waals surface area contributed by atoms with E-state index in [1.165, 1.54) is 44.9 Å². The molecule has 0 bridgehead atoms. The van der Waals surface area contributed by atoms with Crippen LogP contribution in [-0.2, 0) is 4.57 Å². The van der Waals surface area contributed by atoms with Gasteiger partial charge >= 0.3 is 0 Å². The van der Waals surface area contributed by atoms with E-state index in [0.29, 0.717) is 0 Å². The van der Waals surface area contributed by atoms with Crippen molar-refractivity contribution in [2.24, 2.45) is 5.41 Å². The maximum atomic E-state index is 11.4. The summed E-state index contributed by atoms with van der Waals surface area (Å²) in [5.74, 6) is 0. The van der Waals surface area contributed by atoms with Crippen molar-refractivity contribution in [1.82, 2.24) is 0 Å². The second kappa shape index (κ2) is 6.06. The van der Waals surface area contributed by atoms with E-state index >= 15 is 0 Å². The van der Waals surface area contributed by atoms with Gasteiger partial charge in [-0.2, -0.15) is 0 Å². The van der Waals surface area contributed by atoms with Gasteiger partial charge in [-0.05, 0) is 24.7 Å². The van der Waals surface area contributed by atoms with Crippen molar-refractivity contribution in [1.29, 1.82) is 0 Å². The zero-order valence-electron chi connectivity index (χ0n) is 10.1. The summed E-state index contributed by atoms with van der Waals surface area (Å²) in [5, 5.41) is 0. The molecule has 0 aromatic rings. The zero-order chi connectivity index (χ0) is 11.3. The number of rotatable bonds is 5. The lowest BCUT2D eigenvalue weighted by atomic mass is 9.69. The van der Waals surface area contributed by atoms with Crippen molar-refractivity contribution in [3.63, 3.8) is 0 Å². The Hall–Kier alpha value is 0.190. The van der Waals surface area contributed by atoms with Gasteiger partial charge in [-0.3, -0.25) is 4.57 Å². The fourth-order valence-electron chi connectivity index (χ4n) is 2.95. The molecule has 15 heavy (non-hydrogen) atoms. The molecule has 0 heterocycles. The highest BCUT2D eigenvalue weighted by atomic mass is 31.1. The van der Waals surface area contributed by atoms with E-state index in [0.717, 1.165) is 6.42 Å². The molecule has 0 aromatic carbocycles. The molecule has 1 saturated carbocycles. The van der Waals surface area contributed by atoms with Gasteiger partial charge in [-0.15, -0.1) is 0 Å². The lowest BCUT2D eigenvalue weighted by molar-refractivity contribution is 0.160. The van der Waals surface area contributed by atoms with Crippen molar-refractivity contribution >= 4 is 8.03 Å². The monoisotopic (exact) mass is 232 g/mol. The molecule has 1 rings (SSSR count). The van der Waals surface area contributed by atoms with Crippen LogP contribution in [0.25, 0.3) is 0 Å². The molecule has 1 aliphatic carbocycles. The van der Waals surface area contributed by atoms with Crippen LogP contribution in [-0.4, -0.2) is 10.6 Å². The van der Waals surface area contributed by atoms with E-state index in [1.54, 1.807) is 0 Å². The van der Waals surface area contributed by atoms with E-state index in [1.807, 2.05) is 6.92 Å². The Balaban J connectivity index is 2.69. The largest absolute Gasteiger partial charge is 0.346 e. The van der Waals surface area contributed by atoms with Crippen LogP contribution in [0.3, 0.4) is 0 Å². The Morgan fingerprint density at radius 2 is 1.93 bits per heavy atom. The van der Waals surface area contributed by atoms with E-state index < -0.39 is 8.03 Å². The maximum absolute atomic E-state index is 11.4. The van der Waals surface area contributed by atoms with Crippen LogP contribution in [0.5, 0.6) is 0 Å². The Labute approximate surface area is 94.3 Å². The summed E-state index contributed by atoms with van der Waals surface area (Å²) in [5.41, 5.74) is 0.216. The first kappa shape index (κ1) is 13.3. The highest BCUT2D eigenvalue weighted by Gasteiger charge is 2.38. The van der Waals surface area contributed by atoms with Crippen molar-refractivity contribution in [3.8, 4) is 0 Å². The summed E-state index contributed by atoms with van der Waals surface area (Å²) >= 11 is 0. The third-order valence-corrected chi connectivity index (χ3v) is 5.52. The Morgan fingerprint density at radius 3 is 2.40 bits per heavy atom. The molecule has 2 unspecified atom stereocenters. The Kier molecular flexibility index (Phi) is 5.35. The Morgan fingerprint density at radius 1 is 1.33 bits per heavy atom. The quantitative estimate of drug-likeness (QED) is 0.728. The first-order valence-corrected chi connectivity index (χ1v) is 7.78. The van der Waals surface area contributed by atoms with E-state index in [-0.39, 0.29) is 11.1 Å². The second-order valence-corrected chi connectivity index (χ2v) is 6.63. The summed E-state index contributed by atoms with van der Waals surface area (Å²) in [7, 11) is -2.35. The highest BCUT2D eigenvalue weighted by Crippen LogP contribution is 2.50. The summed E-state index contributed by atoms with van der Waals surface area (Å²) in [6.45, 7) is 4.19. The summed E-state index contributed by atoms with van der Waals surface area (Å²) < 4.78 is 11.4. The molecule has 0 saturated heterocycles. The van der Waals surface area contributed by atoms with Crippen LogP contribution in [0, 0.1) is 5.41 Å². The molecule has 0 aromatic heterocycles. The van der Waals surface area contributed by atoms with Gasteiger partial charge in [0, 0.05) is 5.66 Å². The predicted molar refractivity (Wildman–Crippen MR) is 65.7 cm³/mol. The van der Waals surface area contributed by atoms with Crippen LogP contribution in [0.1, 0.15) is 65.2 Å². The molecule has 0 amide bonds. The lowest BCUT2D eigenvalue weighted by Crippen LogP contribution is -2.33. The standard InChI is InChI=1S/C12H25O2P/c1-3-4-8-12(11(2)15(13)14)9-6-5-7-10-12/h11,15H,3-10H2,1-2H3,(H,13,14). The molecule has 1 fully saturated rings. The number of hydrogen-bond donors (Lipinski definition) is 1. The van der Waals surface area contributed by atoms with Gasteiger partial charge in [0.1, 0.15) is 0 Å². The summed E-state index contributed by atoms with van der Waals surface area (Å²) in [6, 6.07) is 0. The van der Waals surface area contributed by atoms with Crippen molar-refractivity contribution in [2.45, 2.75) is 70.9 Å². The topological polar surface area (TPSA) is 37.3 Å². The molecule has 1 N–H and O–H groups in total. The third-order valence-electron chi connectivity index (χ3n) is 4.17. The van der Waals surface area contributed by atoms with Crippen LogP contribution in [0.2, 0.25) is 0 Å². The van der Waals surface area contributed by atoms with Crippen molar-refractivity contribution in [2.75, 3.05) is 0 Å². The summed E-state index contributed by atoms with van der Waals surface area (Å²) in [4.78, 5) is 9.38. The van der Waals surface area contributed by atoms with Gasteiger partial charge < -0.3 is 4.89 Å². The molecule has 1 aliphatic rings. The molecule has 2 nitrogen and oxygen atoms in total. The normalized spacial score (nSPS) is 24.7. The smallest absolute Gasteiger partial charge is 0.192 e. The SMILES string of the molecule is CCCCC1(C(C)[PH](=O)O)CCCCC1. The highest BCUT2D eigenvalue weighted by molar-refractivity contribution is 7.38. The molecular formula is C12H25O2P. The molecule has 90 valence electrons. The molecule has 3 heteroatoms. The molecule has 2 atom stereocenters. The minimum Gasteiger partial charge on any atom is -0.346 e. The van der Waals surface area contributed by atoms with E-state index in [9.17, 15) is 9.46 Å². The summed E-state index contributed by atoms with van der Waals surface area (Å²) in [6.07, 6.45) is 9.72. The minimum atomic E-state index is -2.35. The molecular weight excluding hydrogens is 207 g/mol. The van der Waals surface area contributed by atoms with Gasteiger partial charge in [0.15, 0.2) is 8.03 Å². The zero-order valence-corrected chi connectivity index (χ0v) is 11.1. The average Bonchev–Trinajstić information content (AvgIpc) is 2.26. The fraction of sp³-hybridized carbons (Fsp3) is 1.00. The minimum absolute atomic E-state index is 0.0225. The Bertz CT molecular complexity index is 210. The average molecular weight is 232 g/mol. The maximum Gasteiger partial charge on any atom is 0.192 e. The van der Waals surface area contributed by atoms with Crippen molar-refractivity contribution < 1.29 is 9.46 Å². The van der Waals surface area contributed by atoms with Crippen molar-refractivity contribution in [3.05, 3.63) is 0 Å². The second-order valence-electron chi connectivity index (χ2n) is 5.09. The van der Waals surface area contributed by atoms with E-state index in [4.69, 9.17) is 0 Å². The van der Waals surface area contributed by atoms with Gasteiger partial charge in [0.25, 0.3) is 0 Å². The van der Waals surface area contributed by atoms with Crippen LogP contribution in [0.4, 0.5) is 0 Å². The van der Waals surface area contributed by atoms with Gasteiger partial charge in [-0.25, -0.2) is 0 Å². The first-order valence-electron chi connectivity index (χ1n) is 6.35. The molecule has 0 spiro atoms. The predicted octanol–water partition coefficient (Wildman–Crippen LogP) is 3.98. The van der Waals surface area contributed by atoms with Crippen LogP contribution >= 0.6 is 8.03 Å². The van der Waals surface area contributed by atoms with Crippen LogP contribution < -0.4 is 0 Å².